The lowest BCUT2D eigenvalue weighted by atomic mass is 9.97. The number of hydrogen-bond donors (Lipinski definition) is 1. The van der Waals surface area contributed by atoms with Gasteiger partial charge in [0.25, 0.3) is 0 Å². The molecule has 1 atom stereocenters. The fourth-order valence-corrected chi connectivity index (χ4v) is 2.46. The third-order valence-electron chi connectivity index (χ3n) is 2.78. The molecule has 1 saturated heterocycles. The van der Waals surface area contributed by atoms with Crippen LogP contribution < -0.4 is 5.32 Å². The van der Waals surface area contributed by atoms with Gasteiger partial charge in [0, 0.05) is 18.2 Å². The second-order valence-corrected chi connectivity index (χ2v) is 4.96. The number of rotatable bonds is 5. The predicted octanol–water partition coefficient (Wildman–Crippen LogP) is 2.05. The monoisotopic (exact) mass is 226 g/mol. The molecule has 1 aromatic heterocycles. The van der Waals surface area contributed by atoms with E-state index >= 15 is 0 Å². The molecule has 1 N–H and O–H groups in total. The number of nitrogens with one attached hydrogen (secondary N) is 1. The molecule has 4 heteroatoms. The minimum absolute atomic E-state index is 0.678. The number of piperidine rings is 1. The largest absolute Gasteiger partial charge is 0.374 e. The highest BCUT2D eigenvalue weighted by atomic mass is 32.1. The Labute approximate surface area is 94.9 Å². The molecular weight excluding hydrogens is 208 g/mol. The second-order valence-electron chi connectivity index (χ2n) is 3.98. The summed E-state index contributed by atoms with van der Waals surface area (Å²) in [6, 6.07) is 0. The minimum atomic E-state index is 0.678. The van der Waals surface area contributed by atoms with Crippen LogP contribution in [-0.2, 0) is 11.3 Å². The van der Waals surface area contributed by atoms with E-state index in [1.165, 1.54) is 32.4 Å². The van der Waals surface area contributed by atoms with Crippen molar-refractivity contribution in [3.8, 4) is 0 Å². The molecule has 1 fully saturated rings. The normalized spacial score (nSPS) is 21.7. The van der Waals surface area contributed by atoms with Gasteiger partial charge in [-0.15, -0.1) is 11.3 Å². The van der Waals surface area contributed by atoms with Crippen molar-refractivity contribution in [2.45, 2.75) is 25.9 Å². The maximum Gasteiger partial charge on any atom is 0.118 e. The van der Waals surface area contributed by atoms with Crippen molar-refractivity contribution in [2.24, 2.45) is 5.92 Å². The summed E-state index contributed by atoms with van der Waals surface area (Å²) < 4.78 is 5.60. The highest BCUT2D eigenvalue weighted by Gasteiger charge is 2.12. The first-order chi connectivity index (χ1) is 7.45. The molecule has 0 bridgehead atoms. The number of aromatic nitrogens is 1. The molecule has 2 rings (SSSR count). The molecule has 0 spiro atoms. The van der Waals surface area contributed by atoms with Gasteiger partial charge >= 0.3 is 0 Å². The lowest BCUT2D eigenvalue weighted by Gasteiger charge is -2.22. The van der Waals surface area contributed by atoms with Crippen molar-refractivity contribution < 1.29 is 4.74 Å². The number of hydrogen-bond acceptors (Lipinski definition) is 4. The smallest absolute Gasteiger partial charge is 0.118 e. The van der Waals surface area contributed by atoms with E-state index in [0.29, 0.717) is 6.61 Å². The zero-order valence-corrected chi connectivity index (χ0v) is 9.76. The minimum Gasteiger partial charge on any atom is -0.374 e. The zero-order valence-electron chi connectivity index (χ0n) is 8.95. The molecular formula is C11H18N2OS. The molecule has 1 unspecified atom stereocenters. The van der Waals surface area contributed by atoms with Gasteiger partial charge in [-0.25, -0.2) is 4.98 Å². The van der Waals surface area contributed by atoms with Crippen molar-refractivity contribution in [3.05, 3.63) is 16.6 Å². The summed E-state index contributed by atoms with van der Waals surface area (Å²) >= 11 is 1.66. The van der Waals surface area contributed by atoms with Gasteiger partial charge in [-0.3, -0.25) is 0 Å². The van der Waals surface area contributed by atoms with Gasteiger partial charge < -0.3 is 10.1 Å². The van der Waals surface area contributed by atoms with Crippen molar-refractivity contribution >= 4 is 11.3 Å². The molecule has 1 aliphatic heterocycles. The summed E-state index contributed by atoms with van der Waals surface area (Å²) in [6.07, 6.45) is 5.68. The highest BCUT2D eigenvalue weighted by Crippen LogP contribution is 2.14. The predicted molar refractivity (Wildman–Crippen MR) is 62.0 cm³/mol. The van der Waals surface area contributed by atoms with Gasteiger partial charge in [-0.2, -0.15) is 0 Å². The lowest BCUT2D eigenvalue weighted by Crippen LogP contribution is -2.30. The van der Waals surface area contributed by atoms with Crippen LogP contribution >= 0.6 is 11.3 Å². The van der Waals surface area contributed by atoms with Crippen molar-refractivity contribution in [1.29, 1.82) is 0 Å². The Bertz CT molecular complexity index is 258. The van der Waals surface area contributed by atoms with Gasteiger partial charge in [0.2, 0.25) is 0 Å². The topological polar surface area (TPSA) is 34.1 Å². The Balaban J connectivity index is 1.54. The molecule has 3 nitrogen and oxygen atoms in total. The second kappa shape index (κ2) is 6.20. The SMILES string of the molecule is c1csc(COCCC2CCCNC2)n1. The van der Waals surface area contributed by atoms with Crippen LogP contribution in [0.15, 0.2) is 11.6 Å². The fourth-order valence-electron chi connectivity index (χ4n) is 1.90. The zero-order chi connectivity index (χ0) is 10.3. The molecule has 0 aliphatic carbocycles. The van der Waals surface area contributed by atoms with Gasteiger partial charge in [0.15, 0.2) is 0 Å². The van der Waals surface area contributed by atoms with E-state index in [2.05, 4.69) is 10.3 Å². The van der Waals surface area contributed by atoms with E-state index in [4.69, 9.17) is 4.74 Å². The van der Waals surface area contributed by atoms with Crippen molar-refractivity contribution in [2.75, 3.05) is 19.7 Å². The summed E-state index contributed by atoms with van der Waals surface area (Å²) in [4.78, 5) is 4.18. The quantitative estimate of drug-likeness (QED) is 0.780. The van der Waals surface area contributed by atoms with Crippen LogP contribution in [0.4, 0.5) is 0 Å². The molecule has 0 saturated carbocycles. The lowest BCUT2D eigenvalue weighted by molar-refractivity contribution is 0.103. The standard InChI is InChI=1S/C11H18N2OS/c1-2-10(8-12-4-1)3-6-14-9-11-13-5-7-15-11/h5,7,10,12H,1-4,6,8-9H2. The number of nitrogens with zero attached hydrogens (tertiary/aromatic N) is 1. The number of thiazole rings is 1. The Morgan fingerprint density at radius 2 is 2.60 bits per heavy atom. The Hall–Kier alpha value is -0.450. The van der Waals surface area contributed by atoms with E-state index in [1.807, 2.05) is 11.6 Å². The van der Waals surface area contributed by atoms with Crippen LogP contribution in [0.25, 0.3) is 0 Å². The van der Waals surface area contributed by atoms with E-state index in [9.17, 15) is 0 Å². The average molecular weight is 226 g/mol. The third-order valence-corrected chi connectivity index (χ3v) is 3.53. The molecule has 0 amide bonds. The van der Waals surface area contributed by atoms with Crippen LogP contribution in [0.2, 0.25) is 0 Å². The summed E-state index contributed by atoms with van der Waals surface area (Å²) in [5.74, 6) is 0.815. The Morgan fingerprint density at radius 1 is 1.60 bits per heavy atom. The van der Waals surface area contributed by atoms with E-state index < -0.39 is 0 Å². The van der Waals surface area contributed by atoms with Gasteiger partial charge in [-0.05, 0) is 38.3 Å². The Kier molecular flexibility index (Phi) is 4.57. The van der Waals surface area contributed by atoms with E-state index in [1.54, 1.807) is 11.3 Å². The highest BCUT2D eigenvalue weighted by molar-refractivity contribution is 7.09. The first-order valence-electron chi connectivity index (χ1n) is 5.62. The summed E-state index contributed by atoms with van der Waals surface area (Å²) in [5.41, 5.74) is 0. The van der Waals surface area contributed by atoms with Crippen LogP contribution in [0.3, 0.4) is 0 Å². The van der Waals surface area contributed by atoms with Crippen molar-refractivity contribution in [3.63, 3.8) is 0 Å². The summed E-state index contributed by atoms with van der Waals surface area (Å²) in [6.45, 7) is 3.90. The molecule has 0 radical (unpaired) electrons. The molecule has 2 heterocycles. The van der Waals surface area contributed by atoms with E-state index in [0.717, 1.165) is 17.5 Å². The molecule has 0 aromatic carbocycles. The first-order valence-corrected chi connectivity index (χ1v) is 6.50. The molecule has 15 heavy (non-hydrogen) atoms. The van der Waals surface area contributed by atoms with Gasteiger partial charge in [0.05, 0.1) is 6.61 Å². The Morgan fingerprint density at radius 3 is 3.33 bits per heavy atom. The van der Waals surface area contributed by atoms with Crippen LogP contribution in [0.1, 0.15) is 24.3 Å². The van der Waals surface area contributed by atoms with Gasteiger partial charge in [0.1, 0.15) is 5.01 Å². The summed E-state index contributed by atoms with van der Waals surface area (Å²) in [5, 5.41) is 6.49. The third kappa shape index (κ3) is 3.89. The average Bonchev–Trinajstić information content (AvgIpc) is 2.79. The van der Waals surface area contributed by atoms with Crippen molar-refractivity contribution in [1.82, 2.24) is 10.3 Å². The molecule has 84 valence electrons. The van der Waals surface area contributed by atoms with E-state index in [-0.39, 0.29) is 0 Å². The fraction of sp³-hybridized carbons (Fsp3) is 0.727. The number of ether oxygens (including phenoxy) is 1. The maximum absolute atomic E-state index is 5.60. The summed E-state index contributed by atoms with van der Waals surface area (Å²) in [7, 11) is 0. The first kappa shape index (κ1) is 11.0. The van der Waals surface area contributed by atoms with Crippen LogP contribution in [-0.4, -0.2) is 24.7 Å². The van der Waals surface area contributed by atoms with Crippen LogP contribution in [0, 0.1) is 5.92 Å². The van der Waals surface area contributed by atoms with Gasteiger partial charge in [-0.1, -0.05) is 0 Å². The van der Waals surface area contributed by atoms with Crippen LogP contribution in [0.5, 0.6) is 0 Å². The maximum atomic E-state index is 5.60. The molecule has 1 aromatic rings. The molecule has 1 aliphatic rings.